The Bertz CT molecular complexity index is 337. The molecule has 2 atom stereocenters. The Morgan fingerprint density at radius 1 is 1.33 bits per heavy atom. The third-order valence-electron chi connectivity index (χ3n) is 3.74. The molecular weight excluding hydrogens is 228 g/mol. The highest BCUT2D eigenvalue weighted by Gasteiger charge is 2.47. The summed E-state index contributed by atoms with van der Waals surface area (Å²) < 4.78 is 0. The van der Waals surface area contributed by atoms with Gasteiger partial charge in [-0.25, -0.2) is 0 Å². The van der Waals surface area contributed by atoms with E-state index in [4.69, 9.17) is 0 Å². The molecule has 1 aliphatic heterocycles. The van der Waals surface area contributed by atoms with Gasteiger partial charge in [0.2, 0.25) is 11.8 Å². The molecule has 1 saturated heterocycles. The van der Waals surface area contributed by atoms with Crippen LogP contribution in [0.15, 0.2) is 0 Å². The Hall–Kier alpha value is -1.06. The monoisotopic (exact) mass is 252 g/mol. The summed E-state index contributed by atoms with van der Waals surface area (Å²) >= 11 is 0. The first-order chi connectivity index (χ1) is 8.54. The molecule has 4 nitrogen and oxygen atoms in total. The van der Waals surface area contributed by atoms with Crippen LogP contribution in [0.1, 0.15) is 46.5 Å². The highest BCUT2D eigenvalue weighted by molar-refractivity contribution is 5.97. The fourth-order valence-electron chi connectivity index (χ4n) is 2.80. The molecule has 0 radical (unpaired) electrons. The van der Waals surface area contributed by atoms with E-state index in [-0.39, 0.29) is 23.9 Å². The minimum atomic E-state index is -0.306. The first-order valence-electron chi connectivity index (χ1n) is 7.15. The van der Waals surface area contributed by atoms with E-state index in [0.717, 1.165) is 25.7 Å². The van der Waals surface area contributed by atoms with E-state index in [1.54, 1.807) is 0 Å². The van der Waals surface area contributed by atoms with Crippen LogP contribution in [0.5, 0.6) is 0 Å². The van der Waals surface area contributed by atoms with Gasteiger partial charge in [0.15, 0.2) is 0 Å². The number of rotatable bonds is 5. The lowest BCUT2D eigenvalue weighted by molar-refractivity contribution is -0.150. The lowest BCUT2D eigenvalue weighted by atomic mass is 9.96. The number of hydrogen-bond donors (Lipinski definition) is 1. The maximum absolute atomic E-state index is 12.5. The molecule has 4 heteroatoms. The second-order valence-corrected chi connectivity index (χ2v) is 6.00. The SMILES string of the molecule is CCCN1C(=O)C(CC(C)C)NC(=O)C1C1CC1. The van der Waals surface area contributed by atoms with Gasteiger partial charge in [-0.3, -0.25) is 9.59 Å². The second-order valence-electron chi connectivity index (χ2n) is 6.00. The third-order valence-corrected chi connectivity index (χ3v) is 3.74. The summed E-state index contributed by atoms with van der Waals surface area (Å²) in [6.07, 6.45) is 3.82. The van der Waals surface area contributed by atoms with Crippen LogP contribution < -0.4 is 5.32 Å². The van der Waals surface area contributed by atoms with Gasteiger partial charge in [-0.05, 0) is 37.5 Å². The molecule has 2 aliphatic rings. The van der Waals surface area contributed by atoms with E-state index >= 15 is 0 Å². The lowest BCUT2D eigenvalue weighted by Gasteiger charge is -2.39. The van der Waals surface area contributed by atoms with Gasteiger partial charge < -0.3 is 10.2 Å². The number of nitrogens with one attached hydrogen (secondary N) is 1. The Labute approximate surface area is 109 Å². The molecule has 1 heterocycles. The number of amides is 2. The minimum absolute atomic E-state index is 0.0659. The second kappa shape index (κ2) is 5.29. The molecule has 1 saturated carbocycles. The molecule has 0 aromatic heterocycles. The van der Waals surface area contributed by atoms with Crippen molar-refractivity contribution in [3.63, 3.8) is 0 Å². The highest BCUT2D eigenvalue weighted by atomic mass is 16.2. The first-order valence-corrected chi connectivity index (χ1v) is 7.15. The Balaban J connectivity index is 2.12. The molecule has 0 spiro atoms. The van der Waals surface area contributed by atoms with Crippen LogP contribution in [-0.2, 0) is 9.59 Å². The zero-order valence-electron chi connectivity index (χ0n) is 11.6. The number of nitrogens with zero attached hydrogens (tertiary/aromatic N) is 1. The van der Waals surface area contributed by atoms with Crippen molar-refractivity contribution in [2.45, 2.75) is 58.5 Å². The molecule has 0 bridgehead atoms. The Kier molecular flexibility index (Phi) is 3.93. The summed E-state index contributed by atoms with van der Waals surface area (Å²) in [6.45, 7) is 6.93. The molecule has 2 rings (SSSR count). The average molecular weight is 252 g/mol. The van der Waals surface area contributed by atoms with E-state index < -0.39 is 0 Å². The number of carbonyl (C=O) groups is 2. The maximum atomic E-state index is 12.5. The van der Waals surface area contributed by atoms with Crippen molar-refractivity contribution in [2.75, 3.05) is 6.54 Å². The van der Waals surface area contributed by atoms with Gasteiger partial charge in [0.25, 0.3) is 0 Å². The minimum Gasteiger partial charge on any atom is -0.342 e. The summed E-state index contributed by atoms with van der Waals surface area (Å²) in [5.41, 5.74) is 0. The van der Waals surface area contributed by atoms with Crippen molar-refractivity contribution in [3.8, 4) is 0 Å². The van der Waals surface area contributed by atoms with Crippen LogP contribution in [-0.4, -0.2) is 35.3 Å². The molecule has 2 amide bonds. The van der Waals surface area contributed by atoms with Crippen molar-refractivity contribution in [1.82, 2.24) is 10.2 Å². The van der Waals surface area contributed by atoms with Crippen molar-refractivity contribution >= 4 is 11.8 Å². The normalized spacial score (nSPS) is 28.8. The number of carbonyl (C=O) groups excluding carboxylic acids is 2. The van der Waals surface area contributed by atoms with Crippen LogP contribution in [0.25, 0.3) is 0 Å². The van der Waals surface area contributed by atoms with Gasteiger partial charge in [0.1, 0.15) is 12.1 Å². The van der Waals surface area contributed by atoms with E-state index in [1.807, 2.05) is 4.90 Å². The predicted molar refractivity (Wildman–Crippen MR) is 69.9 cm³/mol. The smallest absolute Gasteiger partial charge is 0.245 e. The molecule has 102 valence electrons. The summed E-state index contributed by atoms with van der Waals surface area (Å²) in [5.74, 6) is 1.01. The molecule has 18 heavy (non-hydrogen) atoms. The van der Waals surface area contributed by atoms with Crippen LogP contribution in [0.2, 0.25) is 0 Å². The summed E-state index contributed by atoms with van der Waals surface area (Å²) in [6, 6.07) is -0.500. The lowest BCUT2D eigenvalue weighted by Crippen LogP contribution is -2.64. The molecule has 1 N–H and O–H groups in total. The molecular formula is C14H24N2O2. The van der Waals surface area contributed by atoms with Crippen LogP contribution in [0.3, 0.4) is 0 Å². The fourth-order valence-corrected chi connectivity index (χ4v) is 2.80. The number of hydrogen-bond acceptors (Lipinski definition) is 2. The zero-order chi connectivity index (χ0) is 13.3. The van der Waals surface area contributed by atoms with Gasteiger partial charge in [0, 0.05) is 6.54 Å². The van der Waals surface area contributed by atoms with Crippen LogP contribution >= 0.6 is 0 Å². The van der Waals surface area contributed by atoms with Gasteiger partial charge in [-0.2, -0.15) is 0 Å². The largest absolute Gasteiger partial charge is 0.342 e. The quantitative estimate of drug-likeness (QED) is 0.807. The van der Waals surface area contributed by atoms with Crippen molar-refractivity contribution < 1.29 is 9.59 Å². The highest BCUT2D eigenvalue weighted by Crippen LogP contribution is 2.37. The van der Waals surface area contributed by atoms with Crippen molar-refractivity contribution in [3.05, 3.63) is 0 Å². The molecule has 2 fully saturated rings. The predicted octanol–water partition coefficient (Wildman–Crippen LogP) is 1.55. The molecule has 1 aliphatic carbocycles. The molecule has 0 aromatic carbocycles. The third kappa shape index (κ3) is 2.68. The topological polar surface area (TPSA) is 49.4 Å². The summed E-state index contributed by atoms with van der Waals surface area (Å²) in [7, 11) is 0. The van der Waals surface area contributed by atoms with Crippen molar-refractivity contribution in [2.24, 2.45) is 11.8 Å². The number of piperazine rings is 1. The van der Waals surface area contributed by atoms with Gasteiger partial charge in [-0.15, -0.1) is 0 Å². The van der Waals surface area contributed by atoms with Gasteiger partial charge in [0.05, 0.1) is 0 Å². The zero-order valence-corrected chi connectivity index (χ0v) is 11.6. The Morgan fingerprint density at radius 2 is 2.00 bits per heavy atom. The van der Waals surface area contributed by atoms with Gasteiger partial charge in [-0.1, -0.05) is 20.8 Å². The maximum Gasteiger partial charge on any atom is 0.245 e. The summed E-state index contributed by atoms with van der Waals surface area (Å²) in [4.78, 5) is 26.5. The average Bonchev–Trinajstić information content (AvgIpc) is 3.08. The van der Waals surface area contributed by atoms with E-state index in [2.05, 4.69) is 26.1 Å². The molecule has 2 unspecified atom stereocenters. The Morgan fingerprint density at radius 3 is 2.50 bits per heavy atom. The fraction of sp³-hybridized carbons (Fsp3) is 0.857. The summed E-state index contributed by atoms with van der Waals surface area (Å²) in [5, 5.41) is 2.93. The van der Waals surface area contributed by atoms with E-state index in [1.165, 1.54) is 0 Å². The van der Waals surface area contributed by atoms with E-state index in [9.17, 15) is 9.59 Å². The van der Waals surface area contributed by atoms with Crippen LogP contribution in [0.4, 0.5) is 0 Å². The standard InChI is InChI=1S/C14H24N2O2/c1-4-7-16-12(10-5-6-10)13(17)15-11(14(16)18)8-9(2)3/h9-12H,4-8H2,1-3H3,(H,15,17). The molecule has 0 aromatic rings. The van der Waals surface area contributed by atoms with Crippen LogP contribution in [0, 0.1) is 11.8 Å². The van der Waals surface area contributed by atoms with Gasteiger partial charge >= 0.3 is 0 Å². The van der Waals surface area contributed by atoms with Crippen molar-refractivity contribution in [1.29, 1.82) is 0 Å². The first kappa shape index (κ1) is 13.4. The van der Waals surface area contributed by atoms with E-state index in [0.29, 0.717) is 18.4 Å².